The van der Waals surface area contributed by atoms with E-state index in [9.17, 15) is 0 Å². The van der Waals surface area contributed by atoms with Gasteiger partial charge in [-0.1, -0.05) is 42.5 Å². The lowest BCUT2D eigenvalue weighted by molar-refractivity contribution is 0.413. The summed E-state index contributed by atoms with van der Waals surface area (Å²) >= 11 is 0. The Balaban J connectivity index is 1.87. The van der Waals surface area contributed by atoms with Gasteiger partial charge in [-0.25, -0.2) is 0 Å². The summed E-state index contributed by atoms with van der Waals surface area (Å²) in [6.45, 7) is 0. The van der Waals surface area contributed by atoms with Crippen LogP contribution in [0.3, 0.4) is 0 Å². The highest BCUT2D eigenvalue weighted by Crippen LogP contribution is 2.53. The van der Waals surface area contributed by atoms with Crippen molar-refractivity contribution in [3.63, 3.8) is 0 Å². The first-order valence-corrected chi connectivity index (χ1v) is 8.02. The molecule has 0 saturated carbocycles. The average molecular weight is 304 g/mol. The molecule has 0 amide bonds. The molecule has 0 saturated heterocycles. The molecule has 0 spiro atoms. The number of rotatable bonds is 4. The first kappa shape index (κ1) is 14.1. The van der Waals surface area contributed by atoms with Crippen LogP contribution in [0.25, 0.3) is 11.1 Å². The molecule has 23 heavy (non-hydrogen) atoms. The third-order valence-electron chi connectivity index (χ3n) is 4.91. The average Bonchev–Trinajstić information content (AvgIpc) is 3.23. The molecule has 0 fully saturated rings. The summed E-state index contributed by atoms with van der Waals surface area (Å²) in [5, 5.41) is 0. The van der Waals surface area contributed by atoms with Crippen LogP contribution in [0.1, 0.15) is 17.5 Å². The fraction of sp³-hybridized carbons (Fsp3) is 0.238. The van der Waals surface area contributed by atoms with E-state index in [1.807, 2.05) is 24.3 Å². The summed E-state index contributed by atoms with van der Waals surface area (Å²) in [7, 11) is 3.45. The standard InChI is InChI=1S/C21H20O2/c1-22-17-11-9-14(10-12-17)20-15-7-8-16(13-15)21(20)18-5-3-4-6-19(18)23-2/h3-12,15-16H,13H2,1-2H3. The van der Waals surface area contributed by atoms with Gasteiger partial charge >= 0.3 is 0 Å². The zero-order valence-electron chi connectivity index (χ0n) is 13.5. The van der Waals surface area contributed by atoms with Crippen molar-refractivity contribution < 1.29 is 9.47 Å². The highest BCUT2D eigenvalue weighted by molar-refractivity contribution is 5.99. The lowest BCUT2D eigenvalue weighted by Crippen LogP contribution is -2.00. The molecule has 2 heteroatoms. The molecule has 2 aromatic rings. The molecular weight excluding hydrogens is 284 g/mol. The number of ether oxygens (including phenoxy) is 2. The number of fused-ring (bicyclic) bond motifs is 2. The second-order valence-electron chi connectivity index (χ2n) is 6.09. The monoisotopic (exact) mass is 304 g/mol. The second kappa shape index (κ2) is 5.62. The Morgan fingerprint density at radius 3 is 2.17 bits per heavy atom. The number of allylic oxidation sites excluding steroid dienone is 4. The molecule has 116 valence electrons. The predicted molar refractivity (Wildman–Crippen MR) is 93.5 cm³/mol. The van der Waals surface area contributed by atoms with Crippen molar-refractivity contribution in [2.24, 2.45) is 11.8 Å². The molecule has 2 unspecified atom stereocenters. The van der Waals surface area contributed by atoms with Gasteiger partial charge in [0.15, 0.2) is 0 Å². The van der Waals surface area contributed by atoms with Gasteiger partial charge in [0.25, 0.3) is 0 Å². The maximum Gasteiger partial charge on any atom is 0.126 e. The molecule has 2 nitrogen and oxygen atoms in total. The minimum atomic E-state index is 0.494. The van der Waals surface area contributed by atoms with Crippen molar-refractivity contribution in [1.82, 2.24) is 0 Å². The predicted octanol–water partition coefficient (Wildman–Crippen LogP) is 4.82. The molecule has 2 aliphatic rings. The molecule has 2 atom stereocenters. The maximum atomic E-state index is 5.61. The van der Waals surface area contributed by atoms with Crippen LogP contribution in [-0.4, -0.2) is 14.2 Å². The van der Waals surface area contributed by atoms with Crippen molar-refractivity contribution in [2.45, 2.75) is 6.42 Å². The fourth-order valence-electron chi connectivity index (χ4n) is 3.88. The van der Waals surface area contributed by atoms with Crippen LogP contribution in [-0.2, 0) is 0 Å². The van der Waals surface area contributed by atoms with Crippen molar-refractivity contribution in [3.8, 4) is 11.5 Å². The van der Waals surface area contributed by atoms with Crippen LogP contribution in [0, 0.1) is 11.8 Å². The molecule has 2 bridgehead atoms. The lowest BCUT2D eigenvalue weighted by atomic mass is 9.87. The van der Waals surface area contributed by atoms with Crippen LogP contribution >= 0.6 is 0 Å². The Bertz CT molecular complexity index is 784. The number of hydrogen-bond donors (Lipinski definition) is 0. The SMILES string of the molecule is COc1ccc(C2=C(c3ccccc3OC)C3C=CC2C3)cc1. The summed E-state index contributed by atoms with van der Waals surface area (Å²) in [6.07, 6.45) is 5.87. The van der Waals surface area contributed by atoms with E-state index >= 15 is 0 Å². The minimum Gasteiger partial charge on any atom is -0.497 e. The minimum absolute atomic E-state index is 0.494. The molecule has 2 aromatic carbocycles. The van der Waals surface area contributed by atoms with Crippen molar-refractivity contribution in [3.05, 3.63) is 71.8 Å². The number of benzene rings is 2. The van der Waals surface area contributed by atoms with Crippen molar-refractivity contribution in [1.29, 1.82) is 0 Å². The molecule has 2 aliphatic carbocycles. The summed E-state index contributed by atoms with van der Waals surface area (Å²) in [5.41, 5.74) is 5.35. The van der Waals surface area contributed by atoms with Crippen LogP contribution in [0.2, 0.25) is 0 Å². The van der Waals surface area contributed by atoms with E-state index < -0.39 is 0 Å². The van der Waals surface area contributed by atoms with Crippen molar-refractivity contribution >= 4 is 11.1 Å². The van der Waals surface area contributed by atoms with E-state index in [4.69, 9.17) is 9.47 Å². The van der Waals surface area contributed by atoms with Gasteiger partial charge in [0, 0.05) is 17.4 Å². The number of methoxy groups -OCH3 is 2. The molecule has 0 aromatic heterocycles. The van der Waals surface area contributed by atoms with Gasteiger partial charge in [-0.3, -0.25) is 0 Å². The van der Waals surface area contributed by atoms with E-state index in [0.717, 1.165) is 11.5 Å². The normalized spacial score (nSPS) is 21.8. The zero-order chi connectivity index (χ0) is 15.8. The largest absolute Gasteiger partial charge is 0.497 e. The van der Waals surface area contributed by atoms with Gasteiger partial charge in [0.05, 0.1) is 14.2 Å². The first-order chi connectivity index (χ1) is 11.3. The van der Waals surface area contributed by atoms with Crippen molar-refractivity contribution in [2.75, 3.05) is 14.2 Å². The smallest absolute Gasteiger partial charge is 0.126 e. The quantitative estimate of drug-likeness (QED) is 0.754. The topological polar surface area (TPSA) is 18.5 Å². The van der Waals surface area contributed by atoms with Crippen LogP contribution < -0.4 is 9.47 Å². The van der Waals surface area contributed by atoms with E-state index in [-0.39, 0.29) is 0 Å². The Labute approximate surface area is 137 Å². The molecule has 0 N–H and O–H groups in total. The Morgan fingerprint density at radius 2 is 1.48 bits per heavy atom. The Morgan fingerprint density at radius 1 is 0.783 bits per heavy atom. The lowest BCUT2D eigenvalue weighted by Gasteiger charge is -2.19. The first-order valence-electron chi connectivity index (χ1n) is 8.02. The summed E-state index contributed by atoms with van der Waals surface area (Å²) in [5.74, 6) is 2.85. The fourth-order valence-corrected chi connectivity index (χ4v) is 3.88. The van der Waals surface area contributed by atoms with Gasteiger partial charge in [-0.05, 0) is 41.3 Å². The summed E-state index contributed by atoms with van der Waals surface area (Å²) in [6, 6.07) is 16.7. The van der Waals surface area contributed by atoms with E-state index in [0.29, 0.717) is 11.8 Å². The van der Waals surface area contributed by atoms with Gasteiger partial charge < -0.3 is 9.47 Å². The molecule has 0 aliphatic heterocycles. The van der Waals surface area contributed by atoms with Crippen LogP contribution in [0.5, 0.6) is 11.5 Å². The van der Waals surface area contributed by atoms with E-state index in [1.54, 1.807) is 14.2 Å². The van der Waals surface area contributed by atoms with Gasteiger partial charge in [-0.15, -0.1) is 0 Å². The van der Waals surface area contributed by atoms with Gasteiger partial charge in [-0.2, -0.15) is 0 Å². The molecule has 4 rings (SSSR count). The van der Waals surface area contributed by atoms with Gasteiger partial charge in [0.2, 0.25) is 0 Å². The van der Waals surface area contributed by atoms with Crippen LogP contribution in [0.15, 0.2) is 60.7 Å². The molecular formula is C21H20O2. The molecule has 0 radical (unpaired) electrons. The number of para-hydroxylation sites is 1. The Kier molecular flexibility index (Phi) is 3.45. The Hall–Kier alpha value is -2.48. The maximum absolute atomic E-state index is 5.61. The third kappa shape index (κ3) is 2.26. The second-order valence-corrected chi connectivity index (χ2v) is 6.09. The third-order valence-corrected chi connectivity index (χ3v) is 4.91. The number of hydrogen-bond acceptors (Lipinski definition) is 2. The zero-order valence-corrected chi connectivity index (χ0v) is 13.5. The summed E-state index contributed by atoms with van der Waals surface area (Å²) < 4.78 is 10.9. The highest BCUT2D eigenvalue weighted by Gasteiger charge is 2.37. The van der Waals surface area contributed by atoms with Crippen LogP contribution in [0.4, 0.5) is 0 Å². The van der Waals surface area contributed by atoms with Gasteiger partial charge in [0.1, 0.15) is 11.5 Å². The summed E-state index contributed by atoms with van der Waals surface area (Å²) in [4.78, 5) is 0. The highest BCUT2D eigenvalue weighted by atomic mass is 16.5. The van der Waals surface area contributed by atoms with E-state index in [1.165, 1.54) is 28.7 Å². The van der Waals surface area contributed by atoms with E-state index in [2.05, 4.69) is 36.4 Å². The molecule has 0 heterocycles.